The summed E-state index contributed by atoms with van der Waals surface area (Å²) in [5.74, 6) is -0.701. The van der Waals surface area contributed by atoms with E-state index < -0.39 is 10.8 Å². The number of nitrogens with one attached hydrogen (secondary N) is 2. The topological polar surface area (TPSA) is 108 Å². The van der Waals surface area contributed by atoms with E-state index in [0.29, 0.717) is 5.69 Å². The van der Waals surface area contributed by atoms with E-state index in [1.165, 1.54) is 18.3 Å². The molecule has 28 heavy (non-hydrogen) atoms. The maximum atomic E-state index is 12.3. The number of hydrogen-bond acceptors (Lipinski definition) is 5. The summed E-state index contributed by atoms with van der Waals surface area (Å²) in [5, 5.41) is 27.6. The molecule has 1 amide bonds. The van der Waals surface area contributed by atoms with E-state index in [9.17, 15) is 20.2 Å². The van der Waals surface area contributed by atoms with Crippen LogP contribution in [0, 0.1) is 21.4 Å². The lowest BCUT2D eigenvalue weighted by molar-refractivity contribution is -0.384. The summed E-state index contributed by atoms with van der Waals surface area (Å²) < 4.78 is 0. The van der Waals surface area contributed by atoms with Crippen LogP contribution in [-0.2, 0) is 4.79 Å². The van der Waals surface area contributed by atoms with Crippen LogP contribution in [0.1, 0.15) is 0 Å². The lowest BCUT2D eigenvalue weighted by Crippen LogP contribution is -2.14. The fourth-order valence-electron chi connectivity index (χ4n) is 2.51. The standard InChI is InChI=1S/C20H13ClN4O3/c21-18-8-7-17(10-19(18)25(27)28)24-20(26)15(11-22)12-23-16-6-5-13-3-1-2-4-14(13)9-16/h1-10,12,23H,(H,24,26)/b15-12-. The minimum Gasteiger partial charge on any atom is -0.360 e. The van der Waals surface area contributed by atoms with Gasteiger partial charge in [0, 0.05) is 23.6 Å². The molecule has 0 fully saturated rings. The molecule has 0 atom stereocenters. The summed E-state index contributed by atoms with van der Waals surface area (Å²) in [4.78, 5) is 22.6. The van der Waals surface area contributed by atoms with Gasteiger partial charge in [0.15, 0.2) is 0 Å². The second kappa shape index (κ2) is 8.20. The molecule has 0 aromatic heterocycles. The fourth-order valence-corrected chi connectivity index (χ4v) is 2.70. The Labute approximate surface area is 165 Å². The van der Waals surface area contributed by atoms with Crippen molar-refractivity contribution in [2.24, 2.45) is 0 Å². The molecule has 0 aliphatic rings. The maximum absolute atomic E-state index is 12.3. The Bertz CT molecular complexity index is 1150. The summed E-state index contributed by atoms with van der Waals surface area (Å²) in [6.45, 7) is 0. The number of hydrogen-bond donors (Lipinski definition) is 2. The maximum Gasteiger partial charge on any atom is 0.289 e. The first kappa shape index (κ1) is 18.9. The van der Waals surface area contributed by atoms with E-state index in [1.54, 1.807) is 6.07 Å². The zero-order valence-electron chi connectivity index (χ0n) is 14.3. The molecule has 0 saturated carbocycles. The van der Waals surface area contributed by atoms with E-state index in [1.807, 2.05) is 42.5 Å². The van der Waals surface area contributed by atoms with Crippen LogP contribution < -0.4 is 10.6 Å². The molecule has 3 aromatic rings. The Morgan fingerprint density at radius 2 is 1.79 bits per heavy atom. The third-order valence-electron chi connectivity index (χ3n) is 3.90. The molecule has 3 aromatic carbocycles. The summed E-state index contributed by atoms with van der Waals surface area (Å²) in [5.41, 5.74) is 0.344. The molecule has 0 aliphatic carbocycles. The molecule has 0 saturated heterocycles. The number of halogens is 1. The van der Waals surface area contributed by atoms with Crippen LogP contribution in [-0.4, -0.2) is 10.8 Å². The van der Waals surface area contributed by atoms with Gasteiger partial charge in [-0.2, -0.15) is 5.26 Å². The molecule has 3 rings (SSSR count). The van der Waals surface area contributed by atoms with Crippen molar-refractivity contribution in [3.63, 3.8) is 0 Å². The molecule has 7 nitrogen and oxygen atoms in total. The van der Waals surface area contributed by atoms with Crippen molar-refractivity contribution in [3.05, 3.63) is 87.6 Å². The van der Waals surface area contributed by atoms with Gasteiger partial charge in [-0.3, -0.25) is 14.9 Å². The number of benzene rings is 3. The number of nitriles is 1. The molecular formula is C20H13ClN4O3. The number of carbonyl (C=O) groups is 1. The molecule has 138 valence electrons. The largest absolute Gasteiger partial charge is 0.360 e. The summed E-state index contributed by atoms with van der Waals surface area (Å²) in [6, 6.07) is 19.1. The highest BCUT2D eigenvalue weighted by Gasteiger charge is 2.15. The minimum absolute atomic E-state index is 0.0444. The number of amides is 1. The lowest BCUT2D eigenvalue weighted by atomic mass is 10.1. The smallest absolute Gasteiger partial charge is 0.289 e. The lowest BCUT2D eigenvalue weighted by Gasteiger charge is -2.06. The SMILES string of the molecule is N#C/C(=C/Nc1ccc2ccccc2c1)C(=O)Nc1ccc(Cl)c([N+](=O)[O-])c1. The molecular weight excluding hydrogens is 380 g/mol. The molecule has 0 heterocycles. The Morgan fingerprint density at radius 1 is 1.07 bits per heavy atom. The summed E-state index contributed by atoms with van der Waals surface area (Å²) in [7, 11) is 0. The zero-order chi connectivity index (χ0) is 20.1. The Morgan fingerprint density at radius 3 is 2.50 bits per heavy atom. The van der Waals surface area contributed by atoms with Gasteiger partial charge in [-0.15, -0.1) is 0 Å². The van der Waals surface area contributed by atoms with Crippen molar-refractivity contribution in [1.29, 1.82) is 5.26 Å². The predicted molar refractivity (Wildman–Crippen MR) is 108 cm³/mol. The van der Waals surface area contributed by atoms with Crippen LogP contribution in [0.15, 0.2) is 72.4 Å². The highest BCUT2D eigenvalue weighted by molar-refractivity contribution is 6.32. The number of anilines is 2. The number of nitrogens with zero attached hydrogens (tertiary/aromatic N) is 2. The van der Waals surface area contributed by atoms with Crippen molar-refractivity contribution in [2.45, 2.75) is 0 Å². The number of fused-ring (bicyclic) bond motifs is 1. The Hall–Kier alpha value is -3.89. The van der Waals surface area contributed by atoms with Gasteiger partial charge in [0.2, 0.25) is 0 Å². The molecule has 2 N–H and O–H groups in total. The zero-order valence-corrected chi connectivity index (χ0v) is 15.1. The van der Waals surface area contributed by atoms with Crippen LogP contribution in [0.3, 0.4) is 0 Å². The van der Waals surface area contributed by atoms with Gasteiger partial charge >= 0.3 is 0 Å². The Kier molecular flexibility index (Phi) is 5.53. The third kappa shape index (κ3) is 4.26. The molecule has 0 bridgehead atoms. The quantitative estimate of drug-likeness (QED) is 0.279. The monoisotopic (exact) mass is 392 g/mol. The second-order valence-corrected chi connectivity index (χ2v) is 6.16. The number of carbonyl (C=O) groups excluding carboxylic acids is 1. The highest BCUT2D eigenvalue weighted by atomic mass is 35.5. The van der Waals surface area contributed by atoms with E-state index in [0.717, 1.165) is 16.8 Å². The third-order valence-corrected chi connectivity index (χ3v) is 4.22. The van der Waals surface area contributed by atoms with E-state index in [2.05, 4.69) is 10.6 Å². The van der Waals surface area contributed by atoms with Gasteiger partial charge in [0.1, 0.15) is 16.7 Å². The Balaban J connectivity index is 1.76. The number of nitro groups is 1. The van der Waals surface area contributed by atoms with Crippen LogP contribution in [0.2, 0.25) is 5.02 Å². The summed E-state index contributed by atoms with van der Waals surface area (Å²) >= 11 is 5.75. The summed E-state index contributed by atoms with van der Waals surface area (Å²) in [6.07, 6.45) is 1.28. The van der Waals surface area contributed by atoms with Crippen LogP contribution in [0.4, 0.5) is 17.1 Å². The fraction of sp³-hybridized carbons (Fsp3) is 0. The number of nitro benzene ring substituents is 1. The normalized spacial score (nSPS) is 10.9. The van der Waals surface area contributed by atoms with Gasteiger partial charge in [-0.1, -0.05) is 41.9 Å². The molecule has 0 aliphatic heterocycles. The molecule has 0 spiro atoms. The predicted octanol–water partition coefficient (Wildman–Crippen LogP) is 4.86. The van der Waals surface area contributed by atoms with Gasteiger partial charge in [-0.05, 0) is 35.0 Å². The van der Waals surface area contributed by atoms with Crippen LogP contribution in [0.25, 0.3) is 10.8 Å². The number of rotatable bonds is 5. The van der Waals surface area contributed by atoms with E-state index in [4.69, 9.17) is 11.6 Å². The molecule has 8 heteroatoms. The first-order chi connectivity index (χ1) is 13.5. The minimum atomic E-state index is -0.701. The van der Waals surface area contributed by atoms with E-state index >= 15 is 0 Å². The van der Waals surface area contributed by atoms with Crippen molar-refractivity contribution < 1.29 is 9.72 Å². The average molecular weight is 393 g/mol. The van der Waals surface area contributed by atoms with Crippen molar-refractivity contribution in [2.75, 3.05) is 10.6 Å². The van der Waals surface area contributed by atoms with Crippen LogP contribution in [0.5, 0.6) is 0 Å². The van der Waals surface area contributed by atoms with Gasteiger partial charge in [0.25, 0.3) is 11.6 Å². The average Bonchev–Trinajstić information content (AvgIpc) is 2.69. The highest BCUT2D eigenvalue weighted by Crippen LogP contribution is 2.27. The van der Waals surface area contributed by atoms with Gasteiger partial charge in [0.05, 0.1) is 4.92 Å². The van der Waals surface area contributed by atoms with Crippen molar-refractivity contribution >= 4 is 45.3 Å². The van der Waals surface area contributed by atoms with Crippen molar-refractivity contribution in [3.8, 4) is 6.07 Å². The van der Waals surface area contributed by atoms with Crippen molar-refractivity contribution in [1.82, 2.24) is 0 Å². The first-order valence-electron chi connectivity index (χ1n) is 8.09. The van der Waals surface area contributed by atoms with Crippen LogP contribution >= 0.6 is 11.6 Å². The first-order valence-corrected chi connectivity index (χ1v) is 8.46. The molecule has 0 unspecified atom stereocenters. The molecule has 0 radical (unpaired) electrons. The van der Waals surface area contributed by atoms with Gasteiger partial charge in [-0.25, -0.2) is 0 Å². The van der Waals surface area contributed by atoms with E-state index in [-0.39, 0.29) is 22.0 Å². The second-order valence-electron chi connectivity index (χ2n) is 5.75. The van der Waals surface area contributed by atoms with Gasteiger partial charge < -0.3 is 10.6 Å².